The van der Waals surface area contributed by atoms with Gasteiger partial charge in [0.1, 0.15) is 0 Å². The predicted molar refractivity (Wildman–Crippen MR) is 133 cm³/mol. The van der Waals surface area contributed by atoms with Crippen LogP contribution in [-0.2, 0) is 19.6 Å². The predicted octanol–water partition coefficient (Wildman–Crippen LogP) is 3.32. The Balaban J connectivity index is 1.44. The van der Waals surface area contributed by atoms with Crippen LogP contribution in [0, 0.1) is 6.92 Å². The van der Waals surface area contributed by atoms with Crippen molar-refractivity contribution in [2.24, 2.45) is 0 Å². The maximum absolute atomic E-state index is 12.9. The quantitative estimate of drug-likeness (QED) is 0.615. The largest absolute Gasteiger partial charge is 0.339 e. The second-order valence-corrected chi connectivity index (χ2v) is 11.3. The van der Waals surface area contributed by atoms with Crippen LogP contribution in [0.2, 0.25) is 0 Å². The third-order valence-electron chi connectivity index (χ3n) is 5.54. The first-order valence-electron chi connectivity index (χ1n) is 11.0. The molecular formula is C24H31N3O4S2. The number of rotatable bonds is 8. The minimum absolute atomic E-state index is 0.0818. The van der Waals surface area contributed by atoms with Crippen molar-refractivity contribution in [3.05, 3.63) is 59.7 Å². The molecule has 0 atom stereocenters. The number of nitrogens with one attached hydrogen (secondary N) is 1. The standard InChI is InChI=1S/C24H31N3O4S2/c1-18(2)20-7-9-22(10-8-20)33(30,31)27-13-11-26(12-14-27)24(29)17-32-16-23(28)25-21-6-4-5-19(3)15-21/h4-10,15,18H,11-14,16-17H2,1-3H3,(H,25,28). The minimum Gasteiger partial charge on any atom is -0.339 e. The van der Waals surface area contributed by atoms with Gasteiger partial charge in [0.05, 0.1) is 16.4 Å². The molecule has 2 aromatic rings. The monoisotopic (exact) mass is 489 g/mol. The Morgan fingerprint density at radius 3 is 2.27 bits per heavy atom. The highest BCUT2D eigenvalue weighted by Crippen LogP contribution is 2.21. The summed E-state index contributed by atoms with van der Waals surface area (Å²) in [6.45, 7) is 7.30. The van der Waals surface area contributed by atoms with Crippen molar-refractivity contribution in [1.82, 2.24) is 9.21 Å². The van der Waals surface area contributed by atoms with Crippen molar-refractivity contribution in [2.45, 2.75) is 31.6 Å². The number of carbonyl (C=O) groups excluding carboxylic acids is 2. The molecule has 178 valence electrons. The molecule has 0 unspecified atom stereocenters. The topological polar surface area (TPSA) is 86.8 Å². The molecule has 9 heteroatoms. The molecule has 0 aromatic heterocycles. The van der Waals surface area contributed by atoms with Crippen LogP contribution in [0.25, 0.3) is 0 Å². The van der Waals surface area contributed by atoms with Gasteiger partial charge in [0, 0.05) is 31.9 Å². The van der Waals surface area contributed by atoms with Gasteiger partial charge in [-0.2, -0.15) is 4.31 Å². The lowest BCUT2D eigenvalue weighted by Crippen LogP contribution is -2.51. The molecule has 1 aliphatic heterocycles. The Morgan fingerprint density at radius 2 is 1.67 bits per heavy atom. The Hall–Kier alpha value is -2.36. The van der Waals surface area contributed by atoms with Gasteiger partial charge in [0.15, 0.2) is 0 Å². The second-order valence-electron chi connectivity index (χ2n) is 8.42. The van der Waals surface area contributed by atoms with Gasteiger partial charge in [-0.1, -0.05) is 38.1 Å². The Labute approximate surface area is 200 Å². The highest BCUT2D eigenvalue weighted by molar-refractivity contribution is 8.00. The van der Waals surface area contributed by atoms with Gasteiger partial charge in [-0.05, 0) is 48.2 Å². The molecule has 0 saturated carbocycles. The number of piperazine rings is 1. The van der Waals surface area contributed by atoms with Crippen LogP contribution in [0.15, 0.2) is 53.4 Å². The van der Waals surface area contributed by atoms with Crippen molar-refractivity contribution in [3.8, 4) is 0 Å². The van der Waals surface area contributed by atoms with Crippen LogP contribution >= 0.6 is 11.8 Å². The fourth-order valence-corrected chi connectivity index (χ4v) is 5.73. The number of hydrogen-bond donors (Lipinski definition) is 1. The molecule has 7 nitrogen and oxygen atoms in total. The lowest BCUT2D eigenvalue weighted by Gasteiger charge is -2.34. The van der Waals surface area contributed by atoms with Crippen LogP contribution in [0.5, 0.6) is 0 Å². The molecule has 0 radical (unpaired) electrons. The molecule has 2 amide bonds. The highest BCUT2D eigenvalue weighted by Gasteiger charge is 2.30. The number of anilines is 1. The summed E-state index contributed by atoms with van der Waals surface area (Å²) in [7, 11) is -3.58. The van der Waals surface area contributed by atoms with Gasteiger partial charge in [-0.25, -0.2) is 8.42 Å². The van der Waals surface area contributed by atoms with Crippen LogP contribution in [0.1, 0.15) is 30.9 Å². The first-order valence-corrected chi connectivity index (χ1v) is 13.6. The van der Waals surface area contributed by atoms with Crippen LogP contribution in [0.3, 0.4) is 0 Å². The first kappa shape index (κ1) is 25.3. The number of aryl methyl sites for hydroxylation is 1. The Bertz CT molecular complexity index is 1080. The zero-order chi connectivity index (χ0) is 24.0. The van der Waals surface area contributed by atoms with E-state index < -0.39 is 10.0 Å². The van der Waals surface area contributed by atoms with Crippen molar-refractivity contribution in [1.29, 1.82) is 0 Å². The summed E-state index contributed by atoms with van der Waals surface area (Å²) in [4.78, 5) is 26.6. The van der Waals surface area contributed by atoms with E-state index in [1.54, 1.807) is 17.0 Å². The molecule has 1 heterocycles. The molecule has 3 rings (SSSR count). The lowest BCUT2D eigenvalue weighted by atomic mass is 10.0. The highest BCUT2D eigenvalue weighted by atomic mass is 32.2. The van der Waals surface area contributed by atoms with Gasteiger partial charge in [0.25, 0.3) is 0 Å². The van der Waals surface area contributed by atoms with Gasteiger partial charge >= 0.3 is 0 Å². The summed E-state index contributed by atoms with van der Waals surface area (Å²) in [6, 6.07) is 14.6. The Morgan fingerprint density at radius 1 is 1.00 bits per heavy atom. The fourth-order valence-electron chi connectivity index (χ4n) is 3.59. The molecule has 0 bridgehead atoms. The summed E-state index contributed by atoms with van der Waals surface area (Å²) in [5.74, 6) is 0.465. The number of sulfonamides is 1. The maximum Gasteiger partial charge on any atom is 0.243 e. The molecule has 2 aromatic carbocycles. The molecular weight excluding hydrogens is 458 g/mol. The van der Waals surface area contributed by atoms with Crippen molar-refractivity contribution in [2.75, 3.05) is 43.0 Å². The van der Waals surface area contributed by atoms with Crippen LogP contribution in [0.4, 0.5) is 5.69 Å². The van der Waals surface area contributed by atoms with Gasteiger partial charge in [0.2, 0.25) is 21.8 Å². The van der Waals surface area contributed by atoms with Crippen LogP contribution in [-0.4, -0.2) is 67.1 Å². The summed E-state index contributed by atoms with van der Waals surface area (Å²) in [5, 5.41) is 2.83. The van der Waals surface area contributed by atoms with E-state index in [0.717, 1.165) is 16.8 Å². The Kier molecular flexibility index (Phi) is 8.56. The average molecular weight is 490 g/mol. The van der Waals surface area contributed by atoms with Crippen molar-refractivity contribution in [3.63, 3.8) is 0 Å². The van der Waals surface area contributed by atoms with E-state index >= 15 is 0 Å². The van der Waals surface area contributed by atoms with Gasteiger partial charge in [-0.15, -0.1) is 11.8 Å². The van der Waals surface area contributed by atoms with E-state index in [9.17, 15) is 18.0 Å². The van der Waals surface area contributed by atoms with Crippen molar-refractivity contribution >= 4 is 39.3 Å². The average Bonchev–Trinajstić information content (AvgIpc) is 2.79. The summed E-state index contributed by atoms with van der Waals surface area (Å²) in [5.41, 5.74) is 2.89. The third kappa shape index (κ3) is 6.82. The first-order chi connectivity index (χ1) is 15.7. The smallest absolute Gasteiger partial charge is 0.243 e. The molecule has 33 heavy (non-hydrogen) atoms. The zero-order valence-electron chi connectivity index (χ0n) is 19.3. The van der Waals surface area contributed by atoms with Gasteiger partial charge in [-0.3, -0.25) is 9.59 Å². The normalized spacial score (nSPS) is 15.0. The summed E-state index contributed by atoms with van der Waals surface area (Å²) < 4.78 is 27.3. The SMILES string of the molecule is Cc1cccc(NC(=O)CSCC(=O)N2CCN(S(=O)(=O)c3ccc(C(C)C)cc3)CC2)c1. The number of benzene rings is 2. The molecule has 0 aliphatic carbocycles. The fraction of sp³-hybridized carbons (Fsp3) is 0.417. The van der Waals surface area contributed by atoms with E-state index in [-0.39, 0.29) is 41.3 Å². The van der Waals surface area contributed by atoms with E-state index in [2.05, 4.69) is 19.2 Å². The van der Waals surface area contributed by atoms with E-state index in [1.165, 1.54) is 16.1 Å². The van der Waals surface area contributed by atoms with E-state index in [0.29, 0.717) is 19.0 Å². The lowest BCUT2D eigenvalue weighted by molar-refractivity contribution is -0.129. The van der Waals surface area contributed by atoms with E-state index in [4.69, 9.17) is 0 Å². The van der Waals surface area contributed by atoms with Gasteiger partial charge < -0.3 is 10.2 Å². The molecule has 1 aliphatic rings. The maximum atomic E-state index is 12.9. The molecule has 1 saturated heterocycles. The summed E-state index contributed by atoms with van der Waals surface area (Å²) >= 11 is 1.26. The third-order valence-corrected chi connectivity index (χ3v) is 8.37. The second kappa shape index (κ2) is 11.2. The van der Waals surface area contributed by atoms with Crippen molar-refractivity contribution < 1.29 is 18.0 Å². The zero-order valence-corrected chi connectivity index (χ0v) is 20.9. The molecule has 0 spiro atoms. The van der Waals surface area contributed by atoms with E-state index in [1.807, 2.05) is 43.3 Å². The number of nitrogens with zero attached hydrogens (tertiary/aromatic N) is 2. The molecule has 1 fully saturated rings. The number of thioether (sulfide) groups is 1. The number of carbonyl (C=O) groups is 2. The summed E-state index contributed by atoms with van der Waals surface area (Å²) in [6.07, 6.45) is 0. The number of hydrogen-bond acceptors (Lipinski definition) is 5. The number of amides is 2. The minimum atomic E-state index is -3.58. The van der Waals surface area contributed by atoms with Crippen LogP contribution < -0.4 is 5.32 Å². The molecule has 1 N–H and O–H groups in total.